The molecule has 10 rings (SSSR count). The first-order valence-electron chi connectivity index (χ1n) is 19.1. The molecule has 4 aliphatic rings. The molecule has 6 heterocycles. The molecule has 0 fully saturated rings. The van der Waals surface area contributed by atoms with Crippen LogP contribution in [-0.4, -0.2) is 102 Å². The van der Waals surface area contributed by atoms with E-state index in [1.54, 1.807) is 0 Å². The van der Waals surface area contributed by atoms with Gasteiger partial charge in [-0.15, -0.1) is 0 Å². The zero-order valence-corrected chi connectivity index (χ0v) is 34.6. The van der Waals surface area contributed by atoms with E-state index in [2.05, 4.69) is 32.1 Å². The number of amidine groups is 4. The summed E-state index contributed by atoms with van der Waals surface area (Å²) < 4.78 is 11.2. The van der Waals surface area contributed by atoms with Crippen molar-refractivity contribution in [3.63, 3.8) is 0 Å². The number of aliphatic hydroxyl groups is 1. The van der Waals surface area contributed by atoms with Crippen LogP contribution in [0.15, 0.2) is 127 Å². The van der Waals surface area contributed by atoms with E-state index >= 15 is 0 Å². The number of aromatic nitrogens is 2. The summed E-state index contributed by atoms with van der Waals surface area (Å²) in [5.74, 6) is 1.92. The van der Waals surface area contributed by atoms with Gasteiger partial charge in [0, 0.05) is 43.8 Å². The van der Waals surface area contributed by atoms with E-state index in [0.29, 0.717) is 46.0 Å². The van der Waals surface area contributed by atoms with Crippen LogP contribution in [0, 0.1) is 0 Å². The van der Waals surface area contributed by atoms with Crippen molar-refractivity contribution >= 4 is 79.7 Å². The van der Waals surface area contributed by atoms with E-state index in [0.717, 1.165) is 62.8 Å². The van der Waals surface area contributed by atoms with Crippen LogP contribution in [0.1, 0.15) is 35.6 Å². The predicted molar refractivity (Wildman–Crippen MR) is 229 cm³/mol. The number of aliphatic carboxylic acids is 1. The van der Waals surface area contributed by atoms with Gasteiger partial charge in [-0.1, -0.05) is 97.1 Å². The van der Waals surface area contributed by atoms with Crippen LogP contribution in [0.3, 0.4) is 0 Å². The van der Waals surface area contributed by atoms with E-state index in [4.69, 9.17) is 44.3 Å². The van der Waals surface area contributed by atoms with Gasteiger partial charge in [-0.3, -0.25) is 8.47 Å². The van der Waals surface area contributed by atoms with Gasteiger partial charge in [0.05, 0.1) is 0 Å². The lowest BCUT2D eigenvalue weighted by Gasteiger charge is -2.36. The van der Waals surface area contributed by atoms with Crippen LogP contribution < -0.4 is 11.0 Å². The topological polar surface area (TPSA) is 174 Å². The number of carboxylic acid groups (broad SMARTS) is 1. The maximum atomic E-state index is 14.1. The Hall–Kier alpha value is -6.02. The molecule has 2 atom stereocenters. The van der Waals surface area contributed by atoms with Crippen LogP contribution in [0.25, 0.3) is 21.5 Å². The van der Waals surface area contributed by atoms with E-state index in [-0.39, 0.29) is 0 Å². The molecule has 2 unspecified atom stereocenters. The molecule has 0 spiro atoms. The molecule has 6 bridgehead atoms. The highest BCUT2D eigenvalue weighted by Gasteiger charge is 2.52. The van der Waals surface area contributed by atoms with Crippen molar-refractivity contribution in [2.45, 2.75) is 38.6 Å². The lowest BCUT2D eigenvalue weighted by molar-refractivity contribution is -0.145. The highest BCUT2D eigenvalue weighted by molar-refractivity contribution is 6.82. The van der Waals surface area contributed by atoms with Crippen molar-refractivity contribution in [1.82, 2.24) is 13.4 Å². The molecule has 2 aromatic heterocycles. The number of hydrogen-bond acceptors (Lipinski definition) is 11. The summed E-state index contributed by atoms with van der Waals surface area (Å²) in [5.41, 5.74) is 4.51. The Morgan fingerprint density at radius 1 is 0.672 bits per heavy atom. The van der Waals surface area contributed by atoms with Crippen molar-refractivity contribution in [2.24, 2.45) is 30.0 Å². The van der Waals surface area contributed by atoms with Gasteiger partial charge < -0.3 is 24.0 Å². The van der Waals surface area contributed by atoms with Crippen molar-refractivity contribution < 1.29 is 23.9 Å². The number of hydrogen-bond donors (Lipinski definition) is 3. The molecule has 4 aromatic carbocycles. The predicted octanol–water partition coefficient (Wildman–Crippen LogP) is 4.99. The molecular weight excluding hydrogens is 767 g/mol. The fourth-order valence-corrected chi connectivity index (χ4v) is 14.9. The van der Waals surface area contributed by atoms with Crippen molar-refractivity contribution in [2.75, 3.05) is 20.6 Å². The fourth-order valence-electron chi connectivity index (χ4n) is 7.79. The minimum Gasteiger partial charge on any atom is -0.479 e. The van der Waals surface area contributed by atoms with Crippen LogP contribution in [-0.2, 0) is 8.91 Å². The molecule has 4 aliphatic heterocycles. The first kappa shape index (κ1) is 37.6. The minimum atomic E-state index is -4.51. The van der Waals surface area contributed by atoms with Gasteiger partial charge in [-0.2, -0.15) is 0 Å². The molecule has 14 nitrogen and oxygen atoms in total. The highest BCUT2D eigenvalue weighted by atomic mass is 28.5. The summed E-state index contributed by atoms with van der Waals surface area (Å²) in [5, 5.41) is 19.1. The maximum absolute atomic E-state index is 14.1. The van der Waals surface area contributed by atoms with Crippen molar-refractivity contribution in [3.8, 4) is 0 Å². The Labute approximate surface area is 335 Å². The third kappa shape index (κ3) is 6.21. The molecule has 0 aliphatic carbocycles. The Morgan fingerprint density at radius 3 is 1.45 bits per heavy atom. The number of benzene rings is 4. The molecule has 16 heteroatoms. The van der Waals surface area contributed by atoms with Gasteiger partial charge in [0.2, 0.25) is 0 Å². The summed E-state index contributed by atoms with van der Waals surface area (Å²) >= 11 is 0. The van der Waals surface area contributed by atoms with Gasteiger partial charge >= 0.3 is 14.9 Å². The SMILES string of the molecule is CC(O)C(=O)O.CN(C)CCC[Si](C)(C)O[Si]1(O)n2c3c4ccccc4c2N=C2N=C(N=c4c5ccccc5c(n41)=NC1=NC(=N3)c3ccccc31)c1ccccc12. The lowest BCUT2D eigenvalue weighted by Crippen LogP contribution is -2.65. The second-order valence-corrected chi connectivity index (χ2v) is 22.3. The largest absolute Gasteiger partial charge is 0.589 e. The zero-order chi connectivity index (χ0) is 40.5. The summed E-state index contributed by atoms with van der Waals surface area (Å²) in [6, 6.07) is 32.9. The quantitative estimate of drug-likeness (QED) is 0.192. The molecule has 0 amide bonds. The Bertz CT molecular complexity index is 2800. The zero-order valence-electron chi connectivity index (χ0n) is 32.6. The van der Waals surface area contributed by atoms with E-state index < -0.39 is 29.3 Å². The average molecular weight is 808 g/mol. The Morgan fingerprint density at radius 2 is 1.05 bits per heavy atom. The lowest BCUT2D eigenvalue weighted by atomic mass is 10.1. The van der Waals surface area contributed by atoms with Gasteiger partial charge in [0.15, 0.2) is 31.7 Å². The molecule has 0 radical (unpaired) electrons. The number of carbonyl (C=O) groups is 1. The monoisotopic (exact) mass is 807 g/mol. The van der Waals surface area contributed by atoms with Crippen molar-refractivity contribution in [1.29, 1.82) is 0 Å². The van der Waals surface area contributed by atoms with Gasteiger partial charge in [0.1, 0.15) is 28.7 Å². The fraction of sp³-hybridized carbons (Fsp3) is 0.214. The normalized spacial score (nSPS) is 17.8. The number of fused-ring (bicyclic) bond motifs is 14. The maximum Gasteiger partial charge on any atom is 0.589 e. The molecule has 3 N–H and O–H groups in total. The number of aliphatic hydroxyl groups excluding tert-OH is 1. The number of aliphatic imine (C=N–C) groups is 4. The van der Waals surface area contributed by atoms with Crippen LogP contribution in [0.5, 0.6) is 0 Å². The van der Waals surface area contributed by atoms with E-state index in [9.17, 15) is 9.59 Å². The second-order valence-electron chi connectivity index (χ2n) is 15.5. The molecular formula is C42H41N9O5Si2. The van der Waals surface area contributed by atoms with Crippen LogP contribution in [0.2, 0.25) is 19.1 Å². The van der Waals surface area contributed by atoms with Crippen LogP contribution in [0.4, 0.5) is 11.6 Å². The van der Waals surface area contributed by atoms with Crippen LogP contribution >= 0.6 is 0 Å². The smallest absolute Gasteiger partial charge is 0.479 e. The first-order chi connectivity index (χ1) is 27.8. The summed E-state index contributed by atoms with van der Waals surface area (Å²) in [6.45, 7) is 6.48. The van der Waals surface area contributed by atoms with Gasteiger partial charge in [-0.05, 0) is 53.1 Å². The average Bonchev–Trinajstić information content (AvgIpc) is 3.91. The number of carboxylic acids is 1. The molecule has 0 saturated heterocycles. The molecule has 0 saturated carbocycles. The van der Waals surface area contributed by atoms with Gasteiger partial charge in [-0.25, -0.2) is 34.7 Å². The Kier molecular flexibility index (Phi) is 9.14. The summed E-state index contributed by atoms with van der Waals surface area (Å²) in [4.78, 5) is 57.2. The molecule has 292 valence electrons. The molecule has 58 heavy (non-hydrogen) atoms. The third-order valence-electron chi connectivity index (χ3n) is 10.5. The standard InChI is InChI=1S/C39H35N9O2Si2.C3H6O3/c1-46(2)22-13-23-51(3,4)50-52(49)47-36-28-18-9-10-19-29(28)38(47)44-34-26-16-7-8-17-27(26)35(41-34)45-39-31-21-12-11-20-30(31)37(48(39)52)43-33-25-15-6-5-14-24(25)32(40-33)42-36;1-2(4)3(5)6/h5-12,14-21,49H,13,22-23H2,1-4H3;2,4H,1H3,(H,5,6). The summed E-state index contributed by atoms with van der Waals surface area (Å²) in [6.07, 6.45) is -0.306. The first-order valence-corrected chi connectivity index (χ1v) is 23.9. The van der Waals surface area contributed by atoms with Gasteiger partial charge in [0.25, 0.3) is 0 Å². The minimum absolute atomic E-state index is 0.518. The highest BCUT2D eigenvalue weighted by Crippen LogP contribution is 2.43. The summed E-state index contributed by atoms with van der Waals surface area (Å²) in [7, 11) is -3.00. The second kappa shape index (κ2) is 14.1. The number of nitrogens with zero attached hydrogens (tertiary/aromatic N) is 9. The molecule has 6 aromatic rings. The van der Waals surface area contributed by atoms with E-state index in [1.165, 1.54) is 6.92 Å². The number of rotatable bonds is 7. The van der Waals surface area contributed by atoms with E-state index in [1.807, 2.05) is 106 Å². The van der Waals surface area contributed by atoms with Crippen molar-refractivity contribution in [3.05, 3.63) is 130 Å². The third-order valence-corrected chi connectivity index (χ3v) is 17.4. The Balaban J connectivity index is 0.000000677.